The summed E-state index contributed by atoms with van der Waals surface area (Å²) in [4.78, 5) is 23.5. The number of amides is 2. The van der Waals surface area contributed by atoms with Gasteiger partial charge in [-0.1, -0.05) is 0 Å². The molecular weight excluding hydrogens is 292 g/mol. The summed E-state index contributed by atoms with van der Waals surface area (Å²) in [6.45, 7) is 3.96. The SMILES string of the molecule is CNC(=O)c1ccc(NC(=O)CCc2c(C)nn(C)c2C)cc1. The summed E-state index contributed by atoms with van der Waals surface area (Å²) < 4.78 is 1.83. The molecule has 6 heteroatoms. The largest absolute Gasteiger partial charge is 0.355 e. The van der Waals surface area contributed by atoms with Crippen molar-refractivity contribution in [1.29, 1.82) is 0 Å². The number of aromatic nitrogens is 2. The number of anilines is 1. The van der Waals surface area contributed by atoms with Crippen molar-refractivity contribution in [3.05, 3.63) is 46.8 Å². The molecule has 23 heavy (non-hydrogen) atoms. The Morgan fingerprint density at radius 3 is 2.35 bits per heavy atom. The van der Waals surface area contributed by atoms with Crippen molar-refractivity contribution in [3.63, 3.8) is 0 Å². The third-order valence-electron chi connectivity index (χ3n) is 3.92. The fraction of sp³-hybridized carbons (Fsp3) is 0.353. The quantitative estimate of drug-likeness (QED) is 0.886. The monoisotopic (exact) mass is 314 g/mol. The molecule has 0 aliphatic heterocycles. The molecule has 122 valence electrons. The van der Waals surface area contributed by atoms with Crippen LogP contribution in [0.3, 0.4) is 0 Å². The van der Waals surface area contributed by atoms with E-state index >= 15 is 0 Å². The van der Waals surface area contributed by atoms with E-state index in [9.17, 15) is 9.59 Å². The van der Waals surface area contributed by atoms with Gasteiger partial charge in [0.25, 0.3) is 5.91 Å². The van der Waals surface area contributed by atoms with Gasteiger partial charge in [0.15, 0.2) is 0 Å². The average molecular weight is 314 g/mol. The number of nitrogens with zero attached hydrogens (tertiary/aromatic N) is 2. The highest BCUT2D eigenvalue weighted by Gasteiger charge is 2.11. The summed E-state index contributed by atoms with van der Waals surface area (Å²) in [6, 6.07) is 6.82. The highest BCUT2D eigenvalue weighted by molar-refractivity contribution is 5.95. The van der Waals surface area contributed by atoms with Crippen LogP contribution in [0.15, 0.2) is 24.3 Å². The Labute approximate surface area is 135 Å². The number of benzene rings is 1. The van der Waals surface area contributed by atoms with Crippen LogP contribution in [0.4, 0.5) is 5.69 Å². The molecule has 0 radical (unpaired) electrons. The van der Waals surface area contributed by atoms with E-state index in [-0.39, 0.29) is 11.8 Å². The molecule has 0 unspecified atom stereocenters. The highest BCUT2D eigenvalue weighted by Crippen LogP contribution is 2.15. The predicted molar refractivity (Wildman–Crippen MR) is 89.5 cm³/mol. The van der Waals surface area contributed by atoms with Gasteiger partial charge in [-0.15, -0.1) is 0 Å². The van der Waals surface area contributed by atoms with Crippen LogP contribution >= 0.6 is 0 Å². The molecule has 1 aromatic carbocycles. The Kier molecular flexibility index (Phi) is 5.16. The van der Waals surface area contributed by atoms with Crippen LogP contribution in [-0.2, 0) is 18.3 Å². The zero-order valence-electron chi connectivity index (χ0n) is 13.9. The molecule has 1 heterocycles. The van der Waals surface area contributed by atoms with E-state index in [0.717, 1.165) is 17.0 Å². The summed E-state index contributed by atoms with van der Waals surface area (Å²) >= 11 is 0. The van der Waals surface area contributed by atoms with Crippen molar-refractivity contribution < 1.29 is 9.59 Å². The third-order valence-corrected chi connectivity index (χ3v) is 3.92. The van der Waals surface area contributed by atoms with Crippen LogP contribution < -0.4 is 10.6 Å². The zero-order valence-corrected chi connectivity index (χ0v) is 13.9. The number of nitrogens with one attached hydrogen (secondary N) is 2. The maximum Gasteiger partial charge on any atom is 0.251 e. The molecule has 6 nitrogen and oxygen atoms in total. The number of hydrogen-bond acceptors (Lipinski definition) is 3. The Morgan fingerprint density at radius 2 is 1.83 bits per heavy atom. The first-order valence-corrected chi connectivity index (χ1v) is 7.53. The summed E-state index contributed by atoms with van der Waals surface area (Å²) in [5.74, 6) is -0.203. The van der Waals surface area contributed by atoms with Gasteiger partial charge in [-0.3, -0.25) is 14.3 Å². The minimum atomic E-state index is -0.148. The zero-order chi connectivity index (χ0) is 17.0. The first-order chi connectivity index (χ1) is 10.9. The molecule has 0 saturated carbocycles. The molecule has 2 N–H and O–H groups in total. The minimum Gasteiger partial charge on any atom is -0.355 e. The first-order valence-electron chi connectivity index (χ1n) is 7.53. The van der Waals surface area contributed by atoms with E-state index in [1.54, 1.807) is 31.3 Å². The fourth-order valence-corrected chi connectivity index (χ4v) is 2.49. The maximum absolute atomic E-state index is 12.1. The van der Waals surface area contributed by atoms with Gasteiger partial charge in [0.05, 0.1) is 5.69 Å². The van der Waals surface area contributed by atoms with E-state index in [2.05, 4.69) is 15.7 Å². The van der Waals surface area contributed by atoms with Crippen molar-refractivity contribution in [2.45, 2.75) is 26.7 Å². The second kappa shape index (κ2) is 7.09. The topological polar surface area (TPSA) is 76.0 Å². The second-order valence-electron chi connectivity index (χ2n) is 5.48. The Balaban J connectivity index is 1.93. The van der Waals surface area contributed by atoms with Crippen molar-refractivity contribution in [1.82, 2.24) is 15.1 Å². The van der Waals surface area contributed by atoms with E-state index in [1.807, 2.05) is 25.6 Å². The van der Waals surface area contributed by atoms with Gasteiger partial charge < -0.3 is 10.6 Å². The summed E-state index contributed by atoms with van der Waals surface area (Å²) in [6.07, 6.45) is 1.05. The molecule has 2 aromatic rings. The molecule has 0 saturated heterocycles. The maximum atomic E-state index is 12.1. The number of carbonyl (C=O) groups excluding carboxylic acids is 2. The lowest BCUT2D eigenvalue weighted by atomic mass is 10.1. The van der Waals surface area contributed by atoms with Crippen LogP contribution in [-0.4, -0.2) is 28.6 Å². The molecule has 0 atom stereocenters. The van der Waals surface area contributed by atoms with E-state index in [1.165, 1.54) is 0 Å². The second-order valence-corrected chi connectivity index (χ2v) is 5.48. The number of aryl methyl sites for hydroxylation is 2. The number of rotatable bonds is 5. The Bertz CT molecular complexity index is 717. The van der Waals surface area contributed by atoms with Crippen molar-refractivity contribution in [2.75, 3.05) is 12.4 Å². The van der Waals surface area contributed by atoms with Gasteiger partial charge in [-0.25, -0.2) is 0 Å². The molecule has 0 bridgehead atoms. The van der Waals surface area contributed by atoms with Crippen LogP contribution in [0.25, 0.3) is 0 Å². The van der Waals surface area contributed by atoms with Gasteiger partial charge in [-0.2, -0.15) is 5.10 Å². The highest BCUT2D eigenvalue weighted by atomic mass is 16.2. The van der Waals surface area contributed by atoms with Gasteiger partial charge in [0.1, 0.15) is 0 Å². The molecule has 2 amide bonds. The minimum absolute atomic E-state index is 0.0552. The molecule has 0 fully saturated rings. The van der Waals surface area contributed by atoms with Crippen LogP contribution in [0.5, 0.6) is 0 Å². The van der Waals surface area contributed by atoms with Crippen LogP contribution in [0.1, 0.15) is 33.7 Å². The van der Waals surface area contributed by atoms with E-state index in [4.69, 9.17) is 0 Å². The van der Waals surface area contributed by atoms with Gasteiger partial charge >= 0.3 is 0 Å². The Hall–Kier alpha value is -2.63. The number of hydrogen-bond donors (Lipinski definition) is 2. The molecule has 2 rings (SSSR count). The van der Waals surface area contributed by atoms with Crippen molar-refractivity contribution in [2.24, 2.45) is 7.05 Å². The standard InChI is InChI=1S/C17H22N4O2/c1-11-15(12(2)21(4)20-11)9-10-16(22)19-14-7-5-13(6-8-14)17(23)18-3/h5-8H,9-10H2,1-4H3,(H,18,23)(H,19,22). The molecule has 0 aliphatic rings. The molecular formula is C17H22N4O2. The summed E-state index contributed by atoms with van der Waals surface area (Å²) in [5, 5.41) is 9.76. The normalized spacial score (nSPS) is 10.4. The van der Waals surface area contributed by atoms with E-state index < -0.39 is 0 Å². The predicted octanol–water partition coefficient (Wildman–Crippen LogP) is 1.97. The van der Waals surface area contributed by atoms with Gasteiger partial charge in [0.2, 0.25) is 5.91 Å². The fourth-order valence-electron chi connectivity index (χ4n) is 2.49. The molecule has 1 aromatic heterocycles. The van der Waals surface area contributed by atoms with Crippen LogP contribution in [0, 0.1) is 13.8 Å². The van der Waals surface area contributed by atoms with Crippen molar-refractivity contribution in [3.8, 4) is 0 Å². The summed E-state index contributed by atoms with van der Waals surface area (Å²) in [5.41, 5.74) is 4.42. The van der Waals surface area contributed by atoms with E-state index in [0.29, 0.717) is 24.1 Å². The lowest BCUT2D eigenvalue weighted by Crippen LogP contribution is -2.18. The average Bonchev–Trinajstić information content (AvgIpc) is 2.78. The van der Waals surface area contributed by atoms with Crippen LogP contribution in [0.2, 0.25) is 0 Å². The summed E-state index contributed by atoms with van der Waals surface area (Å²) in [7, 11) is 3.49. The van der Waals surface area contributed by atoms with Crippen molar-refractivity contribution >= 4 is 17.5 Å². The Morgan fingerprint density at radius 1 is 1.17 bits per heavy atom. The van der Waals surface area contributed by atoms with Gasteiger partial charge in [0, 0.05) is 37.5 Å². The lowest BCUT2D eigenvalue weighted by Gasteiger charge is -2.07. The lowest BCUT2D eigenvalue weighted by molar-refractivity contribution is -0.116. The first kappa shape index (κ1) is 16.7. The van der Waals surface area contributed by atoms with Gasteiger partial charge in [-0.05, 0) is 50.1 Å². The third kappa shape index (κ3) is 3.97. The number of carbonyl (C=O) groups is 2. The molecule has 0 spiro atoms. The molecule has 0 aliphatic carbocycles. The smallest absolute Gasteiger partial charge is 0.251 e.